The zero-order valence-corrected chi connectivity index (χ0v) is 11.1. The van der Waals surface area contributed by atoms with Gasteiger partial charge in [-0.3, -0.25) is 4.79 Å². The number of ketones is 1. The van der Waals surface area contributed by atoms with Crippen LogP contribution in [0.15, 0.2) is 48.8 Å². The second kappa shape index (κ2) is 6.09. The number of hydrogen-bond donors (Lipinski definition) is 1. The van der Waals surface area contributed by atoms with E-state index in [4.69, 9.17) is 4.74 Å². The monoisotopic (exact) mass is 258 g/mol. The smallest absolute Gasteiger partial charge is 0.189 e. The van der Waals surface area contributed by atoms with Crippen LogP contribution in [-0.2, 0) is 0 Å². The van der Waals surface area contributed by atoms with E-state index < -0.39 is 0 Å². The number of hydrogen-bond acceptors (Lipinski definition) is 4. The maximum absolute atomic E-state index is 12.1. The molecule has 0 atom stereocenters. The quantitative estimate of drug-likeness (QED) is 0.497. The van der Waals surface area contributed by atoms with Gasteiger partial charge in [0.05, 0.1) is 7.11 Å². The molecule has 1 aliphatic heterocycles. The highest BCUT2D eigenvalue weighted by Gasteiger charge is 2.16. The van der Waals surface area contributed by atoms with Crippen LogP contribution in [0.5, 0.6) is 5.75 Å². The topological polar surface area (TPSA) is 41.6 Å². The molecule has 1 fully saturated rings. The van der Waals surface area contributed by atoms with E-state index in [1.807, 2.05) is 6.08 Å². The van der Waals surface area contributed by atoms with Gasteiger partial charge >= 0.3 is 0 Å². The Kier molecular flexibility index (Phi) is 4.23. The minimum atomic E-state index is -0.0129. The van der Waals surface area contributed by atoms with Gasteiger partial charge in [0.15, 0.2) is 5.78 Å². The lowest BCUT2D eigenvalue weighted by molar-refractivity contribution is 0.104. The van der Waals surface area contributed by atoms with Crippen molar-refractivity contribution in [3.8, 4) is 5.75 Å². The summed E-state index contributed by atoms with van der Waals surface area (Å²) in [5, 5.41) is 3.21. The van der Waals surface area contributed by atoms with E-state index in [9.17, 15) is 4.79 Å². The van der Waals surface area contributed by atoms with E-state index in [1.165, 1.54) is 0 Å². The van der Waals surface area contributed by atoms with Crippen molar-refractivity contribution in [2.45, 2.75) is 0 Å². The SMILES string of the molecule is C=CCN1CCN/C1=C\C(=O)c1ccc(OC)cc1. The van der Waals surface area contributed by atoms with Crippen LogP contribution < -0.4 is 10.1 Å². The fourth-order valence-corrected chi connectivity index (χ4v) is 2.00. The third-order valence-electron chi connectivity index (χ3n) is 3.02. The molecule has 1 N–H and O–H groups in total. The zero-order valence-electron chi connectivity index (χ0n) is 11.1. The van der Waals surface area contributed by atoms with Gasteiger partial charge in [0.1, 0.15) is 11.6 Å². The Morgan fingerprint density at radius 3 is 2.84 bits per heavy atom. The third kappa shape index (κ3) is 3.16. The Bertz CT molecular complexity index is 491. The van der Waals surface area contributed by atoms with Crippen molar-refractivity contribution in [3.05, 3.63) is 54.4 Å². The van der Waals surface area contributed by atoms with E-state index >= 15 is 0 Å². The second-order valence-electron chi connectivity index (χ2n) is 4.28. The third-order valence-corrected chi connectivity index (χ3v) is 3.02. The number of rotatable bonds is 5. The van der Waals surface area contributed by atoms with Crippen LogP contribution in [0, 0.1) is 0 Å². The summed E-state index contributed by atoms with van der Waals surface area (Å²) in [7, 11) is 1.61. The minimum absolute atomic E-state index is 0.0129. The first-order valence-electron chi connectivity index (χ1n) is 6.24. The first-order chi connectivity index (χ1) is 9.24. The van der Waals surface area contributed by atoms with Gasteiger partial charge in [-0.2, -0.15) is 0 Å². The number of carbonyl (C=O) groups excluding carboxylic acids is 1. The molecule has 100 valence electrons. The molecule has 1 aromatic carbocycles. The molecule has 1 saturated heterocycles. The highest BCUT2D eigenvalue weighted by atomic mass is 16.5. The molecule has 1 aromatic rings. The van der Waals surface area contributed by atoms with E-state index in [0.717, 1.165) is 31.2 Å². The van der Waals surface area contributed by atoms with Gasteiger partial charge in [-0.25, -0.2) is 0 Å². The molecular formula is C15H18N2O2. The summed E-state index contributed by atoms with van der Waals surface area (Å²) in [4.78, 5) is 14.2. The predicted molar refractivity (Wildman–Crippen MR) is 75.2 cm³/mol. The van der Waals surface area contributed by atoms with Crippen molar-refractivity contribution in [2.24, 2.45) is 0 Å². The summed E-state index contributed by atoms with van der Waals surface area (Å²) in [6, 6.07) is 7.11. The molecule has 0 aromatic heterocycles. The standard InChI is InChI=1S/C15H18N2O2/c1-3-9-17-10-8-16-15(17)11-14(18)12-4-6-13(19-2)7-5-12/h3-7,11,16H,1,8-10H2,2H3/b15-11+. The summed E-state index contributed by atoms with van der Waals surface area (Å²) in [6.07, 6.45) is 3.47. The molecule has 4 nitrogen and oxygen atoms in total. The normalized spacial score (nSPS) is 16.3. The highest BCUT2D eigenvalue weighted by molar-refractivity contribution is 6.04. The molecule has 0 radical (unpaired) electrons. The van der Waals surface area contributed by atoms with Gasteiger partial charge in [0.2, 0.25) is 0 Å². The van der Waals surface area contributed by atoms with Crippen LogP contribution in [-0.4, -0.2) is 37.4 Å². The fourth-order valence-electron chi connectivity index (χ4n) is 2.00. The van der Waals surface area contributed by atoms with Crippen molar-refractivity contribution >= 4 is 5.78 Å². The molecule has 0 aliphatic carbocycles. The predicted octanol–water partition coefficient (Wildman–Crippen LogP) is 1.81. The molecule has 0 bridgehead atoms. The summed E-state index contributed by atoms with van der Waals surface area (Å²) in [6.45, 7) is 6.22. The van der Waals surface area contributed by atoms with Gasteiger partial charge < -0.3 is 15.0 Å². The van der Waals surface area contributed by atoms with Crippen LogP contribution in [0.1, 0.15) is 10.4 Å². The van der Waals surface area contributed by atoms with E-state index in [0.29, 0.717) is 5.56 Å². The molecule has 0 spiro atoms. The van der Waals surface area contributed by atoms with Crippen molar-refractivity contribution < 1.29 is 9.53 Å². The highest BCUT2D eigenvalue weighted by Crippen LogP contribution is 2.14. The van der Waals surface area contributed by atoms with Crippen LogP contribution >= 0.6 is 0 Å². The second-order valence-corrected chi connectivity index (χ2v) is 4.28. The van der Waals surface area contributed by atoms with Crippen LogP contribution in [0.3, 0.4) is 0 Å². The van der Waals surface area contributed by atoms with Gasteiger partial charge in [-0.15, -0.1) is 6.58 Å². The maximum Gasteiger partial charge on any atom is 0.189 e. The first-order valence-corrected chi connectivity index (χ1v) is 6.24. The lowest BCUT2D eigenvalue weighted by atomic mass is 10.1. The lowest BCUT2D eigenvalue weighted by Gasteiger charge is -2.16. The summed E-state index contributed by atoms with van der Waals surface area (Å²) in [5.41, 5.74) is 0.653. The van der Waals surface area contributed by atoms with Crippen LogP contribution in [0.25, 0.3) is 0 Å². The number of carbonyl (C=O) groups is 1. The Morgan fingerprint density at radius 1 is 1.47 bits per heavy atom. The summed E-state index contributed by atoms with van der Waals surface area (Å²) >= 11 is 0. The molecule has 1 heterocycles. The van der Waals surface area contributed by atoms with Crippen LogP contribution in [0.2, 0.25) is 0 Å². The molecule has 0 amide bonds. The van der Waals surface area contributed by atoms with Crippen molar-refractivity contribution in [3.63, 3.8) is 0 Å². The number of nitrogens with zero attached hydrogens (tertiary/aromatic N) is 1. The Balaban J connectivity index is 2.12. The van der Waals surface area contributed by atoms with Gasteiger partial charge in [-0.05, 0) is 24.3 Å². The summed E-state index contributed by atoms with van der Waals surface area (Å²) < 4.78 is 5.07. The molecule has 19 heavy (non-hydrogen) atoms. The zero-order chi connectivity index (χ0) is 13.7. The lowest BCUT2D eigenvalue weighted by Crippen LogP contribution is -2.21. The van der Waals surface area contributed by atoms with E-state index in [2.05, 4.69) is 16.8 Å². The van der Waals surface area contributed by atoms with E-state index in [-0.39, 0.29) is 5.78 Å². The minimum Gasteiger partial charge on any atom is -0.497 e. The Morgan fingerprint density at radius 2 is 2.21 bits per heavy atom. The van der Waals surface area contributed by atoms with Crippen molar-refractivity contribution in [2.75, 3.05) is 26.7 Å². The number of ether oxygens (including phenoxy) is 1. The average molecular weight is 258 g/mol. The molecule has 0 saturated carbocycles. The molecule has 2 rings (SSSR count). The number of benzene rings is 1. The average Bonchev–Trinajstić information content (AvgIpc) is 2.86. The van der Waals surface area contributed by atoms with Crippen LogP contribution in [0.4, 0.5) is 0 Å². The maximum atomic E-state index is 12.1. The first kappa shape index (κ1) is 13.2. The largest absolute Gasteiger partial charge is 0.497 e. The Hall–Kier alpha value is -2.23. The van der Waals surface area contributed by atoms with Gasteiger partial charge in [0.25, 0.3) is 0 Å². The number of methoxy groups -OCH3 is 1. The van der Waals surface area contributed by atoms with Gasteiger partial charge in [-0.1, -0.05) is 6.08 Å². The van der Waals surface area contributed by atoms with Crippen molar-refractivity contribution in [1.82, 2.24) is 10.2 Å². The number of nitrogens with one attached hydrogen (secondary N) is 1. The molecular weight excluding hydrogens is 240 g/mol. The molecule has 1 aliphatic rings. The number of allylic oxidation sites excluding steroid dienone is 1. The fraction of sp³-hybridized carbons (Fsp3) is 0.267. The molecule has 4 heteroatoms. The molecule has 0 unspecified atom stereocenters. The van der Waals surface area contributed by atoms with Gasteiger partial charge in [0, 0.05) is 31.3 Å². The van der Waals surface area contributed by atoms with E-state index in [1.54, 1.807) is 37.5 Å². The van der Waals surface area contributed by atoms with Crippen molar-refractivity contribution in [1.29, 1.82) is 0 Å². The Labute approximate surface area is 113 Å². The summed E-state index contributed by atoms with van der Waals surface area (Å²) in [5.74, 6) is 1.60.